The first-order chi connectivity index (χ1) is 5.97. The largest absolute Gasteiger partial charge is 0.303 e. The van der Waals surface area contributed by atoms with Gasteiger partial charge in [0.25, 0.3) is 5.92 Å². The van der Waals surface area contributed by atoms with Gasteiger partial charge < -0.3 is 4.90 Å². The van der Waals surface area contributed by atoms with E-state index < -0.39 is 11.3 Å². The normalized spacial score (nSPS) is 41.4. The molecule has 1 aliphatic carbocycles. The van der Waals surface area contributed by atoms with E-state index >= 15 is 0 Å². The van der Waals surface area contributed by atoms with Crippen molar-refractivity contribution in [3.8, 4) is 0 Å². The Hall–Kier alpha value is -0.440. The van der Waals surface area contributed by atoms with Crippen LogP contribution in [-0.4, -0.2) is 30.5 Å². The molecule has 2 unspecified atom stereocenters. The molecule has 1 saturated carbocycles. The Morgan fingerprint density at radius 2 is 1.85 bits per heavy atom. The van der Waals surface area contributed by atoms with Crippen LogP contribution < -0.4 is 0 Å². The van der Waals surface area contributed by atoms with E-state index in [0.717, 1.165) is 0 Å². The quantitative estimate of drug-likeness (QED) is 0.529. The fraction of sp³-hybridized carbons (Fsp3) is 0.800. The average molecular weight is 189 g/mol. The van der Waals surface area contributed by atoms with Crippen LogP contribution in [0.15, 0.2) is 13.2 Å². The number of rotatable bonds is 0. The monoisotopic (exact) mass is 189 g/mol. The van der Waals surface area contributed by atoms with Gasteiger partial charge >= 0.3 is 0 Å². The van der Waals surface area contributed by atoms with Crippen LogP contribution in [0.5, 0.6) is 0 Å². The summed E-state index contributed by atoms with van der Waals surface area (Å²) >= 11 is 0. The highest BCUT2D eigenvalue weighted by Crippen LogP contribution is 2.65. The van der Waals surface area contributed by atoms with Crippen LogP contribution >= 0.6 is 0 Å². The molecule has 1 nitrogen and oxygen atoms in total. The van der Waals surface area contributed by atoms with Gasteiger partial charge in [-0.25, -0.2) is 8.78 Å². The highest BCUT2D eigenvalue weighted by molar-refractivity contribution is 5.15. The SMILES string of the molecule is C=C.CC1CC2(CN1C)CC2(F)F. The second kappa shape index (κ2) is 3.05. The maximum Gasteiger partial charge on any atom is 0.255 e. The van der Waals surface area contributed by atoms with Crippen LogP contribution in [0.4, 0.5) is 8.78 Å². The lowest BCUT2D eigenvalue weighted by atomic mass is 10.0. The first kappa shape index (κ1) is 10.6. The zero-order valence-corrected chi connectivity index (χ0v) is 8.32. The summed E-state index contributed by atoms with van der Waals surface area (Å²) in [4.78, 5) is 2.03. The van der Waals surface area contributed by atoms with E-state index in [2.05, 4.69) is 13.2 Å². The lowest BCUT2D eigenvalue weighted by Gasteiger charge is -2.12. The fourth-order valence-electron chi connectivity index (χ4n) is 2.19. The van der Waals surface area contributed by atoms with Crippen molar-refractivity contribution < 1.29 is 8.78 Å². The number of alkyl halides is 2. The van der Waals surface area contributed by atoms with Crippen LogP contribution in [0.1, 0.15) is 19.8 Å². The van der Waals surface area contributed by atoms with E-state index in [1.807, 2.05) is 18.9 Å². The molecule has 1 heterocycles. The lowest BCUT2D eigenvalue weighted by Crippen LogP contribution is -2.22. The summed E-state index contributed by atoms with van der Waals surface area (Å²) in [7, 11) is 1.92. The van der Waals surface area contributed by atoms with Gasteiger partial charge in [-0.15, -0.1) is 13.2 Å². The van der Waals surface area contributed by atoms with Crippen LogP contribution in [0.3, 0.4) is 0 Å². The molecule has 0 radical (unpaired) electrons. The van der Waals surface area contributed by atoms with E-state index in [4.69, 9.17) is 0 Å². The molecule has 13 heavy (non-hydrogen) atoms. The highest BCUT2D eigenvalue weighted by Gasteiger charge is 2.73. The average Bonchev–Trinajstić information content (AvgIpc) is 2.41. The maximum absolute atomic E-state index is 12.8. The van der Waals surface area contributed by atoms with Gasteiger partial charge in [-0.05, 0) is 20.4 Å². The van der Waals surface area contributed by atoms with E-state index in [1.54, 1.807) is 0 Å². The molecule has 1 spiro atoms. The minimum atomic E-state index is -2.36. The zero-order valence-electron chi connectivity index (χ0n) is 8.32. The van der Waals surface area contributed by atoms with E-state index in [-0.39, 0.29) is 6.42 Å². The molecule has 2 fully saturated rings. The van der Waals surface area contributed by atoms with Gasteiger partial charge in [0.1, 0.15) is 0 Å². The summed E-state index contributed by atoms with van der Waals surface area (Å²) in [5.41, 5.74) is -0.624. The summed E-state index contributed by atoms with van der Waals surface area (Å²) in [6, 6.07) is 0.336. The highest BCUT2D eigenvalue weighted by atomic mass is 19.3. The Bertz CT molecular complexity index is 193. The molecule has 0 aromatic carbocycles. The zero-order chi connectivity index (χ0) is 10.3. The first-order valence-corrected chi connectivity index (χ1v) is 4.55. The van der Waals surface area contributed by atoms with Crippen LogP contribution in [-0.2, 0) is 0 Å². The van der Waals surface area contributed by atoms with Gasteiger partial charge in [0.2, 0.25) is 0 Å². The molecule has 2 aliphatic rings. The third-order valence-electron chi connectivity index (χ3n) is 3.20. The van der Waals surface area contributed by atoms with Crippen molar-refractivity contribution in [1.82, 2.24) is 4.90 Å². The number of likely N-dealkylation sites (tertiary alicyclic amines) is 1. The second-order valence-corrected chi connectivity index (χ2v) is 4.13. The van der Waals surface area contributed by atoms with Crippen molar-refractivity contribution in [2.75, 3.05) is 13.6 Å². The van der Waals surface area contributed by atoms with Gasteiger partial charge in [-0.1, -0.05) is 0 Å². The number of nitrogens with zero attached hydrogens (tertiary/aromatic N) is 1. The van der Waals surface area contributed by atoms with Gasteiger partial charge in [0.05, 0.1) is 5.41 Å². The van der Waals surface area contributed by atoms with Gasteiger partial charge in [0.15, 0.2) is 0 Å². The second-order valence-electron chi connectivity index (χ2n) is 4.13. The summed E-state index contributed by atoms with van der Waals surface area (Å²) in [6.07, 6.45) is 0.797. The summed E-state index contributed by atoms with van der Waals surface area (Å²) in [6.45, 7) is 8.60. The molecule has 1 saturated heterocycles. The summed E-state index contributed by atoms with van der Waals surface area (Å²) in [5, 5.41) is 0. The topological polar surface area (TPSA) is 3.24 Å². The molecule has 0 amide bonds. The Labute approximate surface area is 78.4 Å². The smallest absolute Gasteiger partial charge is 0.255 e. The Kier molecular flexibility index (Phi) is 2.50. The number of hydrogen-bond donors (Lipinski definition) is 0. The molecule has 2 rings (SSSR count). The molecule has 0 aromatic heterocycles. The molecule has 76 valence electrons. The number of halogens is 2. The van der Waals surface area contributed by atoms with E-state index in [0.29, 0.717) is 19.0 Å². The summed E-state index contributed by atoms with van der Waals surface area (Å²) < 4.78 is 25.6. The van der Waals surface area contributed by atoms with E-state index in [1.165, 1.54) is 0 Å². The van der Waals surface area contributed by atoms with Crippen molar-refractivity contribution in [2.45, 2.75) is 31.7 Å². The van der Waals surface area contributed by atoms with Crippen molar-refractivity contribution in [3.63, 3.8) is 0 Å². The van der Waals surface area contributed by atoms with Crippen molar-refractivity contribution >= 4 is 0 Å². The van der Waals surface area contributed by atoms with Crippen molar-refractivity contribution in [1.29, 1.82) is 0 Å². The predicted octanol–water partition coefficient (Wildman–Crippen LogP) is 2.54. The molecular formula is C10H17F2N. The molecule has 0 N–H and O–H groups in total. The van der Waals surface area contributed by atoms with E-state index in [9.17, 15) is 8.78 Å². The minimum Gasteiger partial charge on any atom is -0.303 e. The van der Waals surface area contributed by atoms with Crippen LogP contribution in [0.25, 0.3) is 0 Å². The molecule has 2 atom stereocenters. The Morgan fingerprint density at radius 3 is 2.00 bits per heavy atom. The Morgan fingerprint density at radius 1 is 1.38 bits per heavy atom. The number of hydrogen-bond acceptors (Lipinski definition) is 1. The first-order valence-electron chi connectivity index (χ1n) is 4.55. The third-order valence-corrected chi connectivity index (χ3v) is 3.20. The third kappa shape index (κ3) is 1.50. The fourth-order valence-corrected chi connectivity index (χ4v) is 2.19. The van der Waals surface area contributed by atoms with Crippen molar-refractivity contribution in [2.24, 2.45) is 5.41 Å². The van der Waals surface area contributed by atoms with Crippen molar-refractivity contribution in [3.05, 3.63) is 13.2 Å². The van der Waals surface area contributed by atoms with Gasteiger partial charge in [-0.2, -0.15) is 0 Å². The molecule has 3 heteroatoms. The molecular weight excluding hydrogens is 172 g/mol. The van der Waals surface area contributed by atoms with Crippen LogP contribution in [0.2, 0.25) is 0 Å². The summed E-state index contributed by atoms with van der Waals surface area (Å²) in [5.74, 6) is -2.36. The lowest BCUT2D eigenvalue weighted by molar-refractivity contribution is 0.0672. The molecule has 0 bridgehead atoms. The van der Waals surface area contributed by atoms with Gasteiger partial charge in [0, 0.05) is 19.0 Å². The molecule has 1 aliphatic heterocycles. The Balaban J connectivity index is 0.000000396. The molecule has 0 aromatic rings. The standard InChI is InChI=1S/C8H13F2N.C2H4/c1-6-3-7(5-11(6)2)4-8(7,9)10;1-2/h6H,3-5H2,1-2H3;1-2H2. The minimum absolute atomic E-state index is 0.120. The maximum atomic E-state index is 12.8. The van der Waals surface area contributed by atoms with Gasteiger partial charge in [-0.3, -0.25) is 0 Å². The van der Waals surface area contributed by atoms with Crippen LogP contribution in [0, 0.1) is 5.41 Å². The predicted molar refractivity (Wildman–Crippen MR) is 50.0 cm³/mol.